The Kier molecular flexibility index (Phi) is 8.44. The second-order valence-electron chi connectivity index (χ2n) is 7.09. The van der Waals surface area contributed by atoms with E-state index in [4.69, 9.17) is 0 Å². The van der Waals surface area contributed by atoms with Crippen molar-refractivity contribution >= 4 is 6.04 Å². The molecule has 0 amide bonds. The van der Waals surface area contributed by atoms with Crippen LogP contribution in [0.3, 0.4) is 0 Å². The number of carbonyl (C=O) groups is 1. The molecule has 0 N–H and O–H groups in total. The SMILES string of the molecule is O=C(F)C(F)(F)C(F)(F)C(F)(F)C(F)(F)C(F)(F)C(F)(F)C(F)(F)C(F)(F)C(F)(F)C(F)(F)C(F)(F)C(F)(F)F. The predicted octanol–water partition coefficient (Wildman–Crippen LogP) is 8.03. The third-order valence-electron chi connectivity index (χ3n) is 4.55. The molecule has 0 bridgehead atoms. The molecule has 0 atom stereocenters. The minimum absolute atomic E-state index is 5.17. The van der Waals surface area contributed by atoms with E-state index in [1.807, 2.05) is 0 Å². The number of carbonyl (C=O) groups excluding carboxylic acids is 1. The average Bonchev–Trinajstić information content (AvgIpc) is 2.71. The van der Waals surface area contributed by atoms with Gasteiger partial charge in [0.25, 0.3) is 0 Å². The standard InChI is InChI=1S/C13F26O/c14-1(40)2(15,16)3(17,18)4(19,20)5(21,22)6(23,24)7(25,26)8(27,28)9(29,30)10(31,32)11(33,34)12(35,36)13(37,38)39. The van der Waals surface area contributed by atoms with E-state index in [1.165, 1.54) is 0 Å². The minimum Gasteiger partial charge on any atom is -0.254 e. The third-order valence-corrected chi connectivity index (χ3v) is 4.55. The average molecular weight is 666 g/mol. The normalized spacial score (nSPS) is 16.9. The molecule has 0 aromatic heterocycles. The molecule has 0 aromatic rings. The Balaban J connectivity index is 7.37. The lowest BCUT2D eigenvalue weighted by Crippen LogP contribution is -2.78. The fourth-order valence-corrected chi connectivity index (χ4v) is 2.08. The Morgan fingerprint density at radius 2 is 0.425 bits per heavy atom. The van der Waals surface area contributed by atoms with E-state index in [-0.39, 0.29) is 0 Å². The predicted molar refractivity (Wildman–Crippen MR) is 66.6 cm³/mol. The molecule has 0 aliphatic carbocycles. The van der Waals surface area contributed by atoms with Gasteiger partial charge in [-0.2, -0.15) is 114 Å². The fourth-order valence-electron chi connectivity index (χ4n) is 2.08. The van der Waals surface area contributed by atoms with Crippen LogP contribution in [-0.2, 0) is 4.79 Å². The molecule has 1 nitrogen and oxygen atoms in total. The Morgan fingerprint density at radius 1 is 0.275 bits per heavy atom. The van der Waals surface area contributed by atoms with Crippen molar-refractivity contribution in [2.24, 2.45) is 0 Å². The first-order valence-electron chi connectivity index (χ1n) is 8.12. The summed E-state index contributed by atoms with van der Waals surface area (Å²) in [5, 5.41) is 0. The number of hydrogen-bond donors (Lipinski definition) is 0. The Labute approximate surface area is 198 Å². The van der Waals surface area contributed by atoms with E-state index in [9.17, 15) is 119 Å². The molecule has 0 unspecified atom stereocenters. The summed E-state index contributed by atoms with van der Waals surface area (Å²) in [6.45, 7) is 0. The molecule has 0 heterocycles. The molecular formula is C13F26O. The first-order valence-corrected chi connectivity index (χ1v) is 8.12. The smallest absolute Gasteiger partial charge is 0.254 e. The largest absolute Gasteiger partial charge is 0.460 e. The highest BCUT2D eigenvalue weighted by Crippen LogP contribution is 2.67. The Hall–Kier alpha value is -2.15. The molecule has 27 heteroatoms. The maximum absolute atomic E-state index is 13.4. The Bertz CT molecular complexity index is 966. The first-order chi connectivity index (χ1) is 16.7. The summed E-state index contributed by atoms with van der Waals surface area (Å²) in [6, 6.07) is -5.17. The van der Waals surface area contributed by atoms with Gasteiger partial charge in [-0.15, -0.1) is 0 Å². The Morgan fingerprint density at radius 3 is 0.575 bits per heavy atom. The third kappa shape index (κ3) is 4.12. The van der Waals surface area contributed by atoms with Crippen LogP contribution in [0.15, 0.2) is 0 Å². The summed E-state index contributed by atoms with van der Waals surface area (Å²) in [7, 11) is 0. The zero-order chi connectivity index (χ0) is 33.6. The van der Waals surface area contributed by atoms with Gasteiger partial charge in [-0.05, 0) is 0 Å². The van der Waals surface area contributed by atoms with E-state index in [1.54, 1.807) is 0 Å². The van der Waals surface area contributed by atoms with E-state index in [0.29, 0.717) is 0 Å². The van der Waals surface area contributed by atoms with Crippen molar-refractivity contribution in [3.05, 3.63) is 0 Å². The molecule has 0 rings (SSSR count). The molecule has 240 valence electrons. The number of halogens is 26. The summed E-state index contributed by atoms with van der Waals surface area (Å²) < 4.78 is 337. The number of rotatable bonds is 11. The van der Waals surface area contributed by atoms with Gasteiger partial charge in [0.05, 0.1) is 0 Å². The summed E-state index contributed by atoms with van der Waals surface area (Å²) in [5.74, 6) is -101. The molecule has 40 heavy (non-hydrogen) atoms. The van der Waals surface area contributed by atoms with Gasteiger partial charge in [-0.1, -0.05) is 0 Å². The quantitative estimate of drug-likeness (QED) is 0.161. The van der Waals surface area contributed by atoms with Crippen molar-refractivity contribution in [2.75, 3.05) is 0 Å². The van der Waals surface area contributed by atoms with Crippen LogP contribution in [0, 0.1) is 0 Å². The van der Waals surface area contributed by atoms with Gasteiger partial charge in [-0.3, -0.25) is 4.79 Å². The molecule has 0 aliphatic rings. The van der Waals surface area contributed by atoms with E-state index in [2.05, 4.69) is 0 Å². The maximum Gasteiger partial charge on any atom is 0.460 e. The van der Waals surface area contributed by atoms with Crippen molar-refractivity contribution < 1.29 is 119 Å². The zero-order valence-electron chi connectivity index (χ0n) is 16.7. The molecule has 0 radical (unpaired) electrons. The van der Waals surface area contributed by atoms with Gasteiger partial charge in [0.15, 0.2) is 0 Å². The van der Waals surface area contributed by atoms with E-state index >= 15 is 0 Å². The van der Waals surface area contributed by atoms with Crippen LogP contribution < -0.4 is 0 Å². The summed E-state index contributed by atoms with van der Waals surface area (Å²) in [4.78, 5) is 9.65. The van der Waals surface area contributed by atoms with Gasteiger partial charge in [-0.25, -0.2) is 0 Å². The van der Waals surface area contributed by atoms with Gasteiger partial charge in [0.1, 0.15) is 0 Å². The topological polar surface area (TPSA) is 17.1 Å². The van der Waals surface area contributed by atoms with Crippen LogP contribution >= 0.6 is 0 Å². The van der Waals surface area contributed by atoms with Gasteiger partial charge in [0.2, 0.25) is 0 Å². The molecule has 0 fully saturated rings. The second-order valence-corrected chi connectivity index (χ2v) is 7.09. The van der Waals surface area contributed by atoms with Crippen LogP contribution in [0.2, 0.25) is 0 Å². The summed E-state index contributed by atoms with van der Waals surface area (Å²) >= 11 is 0. The molecule has 0 aliphatic heterocycles. The van der Waals surface area contributed by atoms with Crippen molar-refractivity contribution in [2.45, 2.75) is 71.3 Å². The first kappa shape index (κ1) is 37.9. The molecule has 0 aromatic carbocycles. The lowest BCUT2D eigenvalue weighted by Gasteiger charge is -2.45. The number of alkyl halides is 25. The van der Waals surface area contributed by atoms with E-state index in [0.717, 1.165) is 0 Å². The van der Waals surface area contributed by atoms with Crippen LogP contribution in [0.1, 0.15) is 0 Å². The van der Waals surface area contributed by atoms with Crippen molar-refractivity contribution in [3.8, 4) is 0 Å². The van der Waals surface area contributed by atoms with Crippen LogP contribution in [-0.4, -0.2) is 77.4 Å². The minimum atomic E-state index is -9.71. The number of hydrogen-bond acceptors (Lipinski definition) is 1. The van der Waals surface area contributed by atoms with Gasteiger partial charge < -0.3 is 0 Å². The van der Waals surface area contributed by atoms with Gasteiger partial charge in [0, 0.05) is 0 Å². The molecular weight excluding hydrogens is 666 g/mol. The zero-order valence-corrected chi connectivity index (χ0v) is 16.7. The highest BCUT2D eigenvalue weighted by molar-refractivity contribution is 5.78. The fraction of sp³-hybridized carbons (Fsp3) is 0.923. The lowest BCUT2D eigenvalue weighted by atomic mass is 9.84. The summed E-state index contributed by atoms with van der Waals surface area (Å²) in [6.07, 6.45) is -8.21. The van der Waals surface area contributed by atoms with Crippen LogP contribution in [0.5, 0.6) is 0 Å². The highest BCUT2D eigenvalue weighted by atomic mass is 19.4. The molecule has 0 saturated heterocycles. The maximum atomic E-state index is 13.4. The molecule has 0 spiro atoms. The lowest BCUT2D eigenvalue weighted by molar-refractivity contribution is -0.481. The van der Waals surface area contributed by atoms with Crippen LogP contribution in [0.4, 0.5) is 114 Å². The summed E-state index contributed by atoms with van der Waals surface area (Å²) in [5.41, 5.74) is 0. The highest BCUT2D eigenvalue weighted by Gasteiger charge is 2.99. The van der Waals surface area contributed by atoms with Crippen molar-refractivity contribution in [1.82, 2.24) is 0 Å². The van der Waals surface area contributed by atoms with Gasteiger partial charge >= 0.3 is 77.4 Å². The monoisotopic (exact) mass is 666 g/mol. The second kappa shape index (κ2) is 8.92. The van der Waals surface area contributed by atoms with Crippen LogP contribution in [0.25, 0.3) is 0 Å². The van der Waals surface area contributed by atoms with E-state index < -0.39 is 77.4 Å². The van der Waals surface area contributed by atoms with Crippen molar-refractivity contribution in [1.29, 1.82) is 0 Å². The van der Waals surface area contributed by atoms with Crippen molar-refractivity contribution in [3.63, 3.8) is 0 Å². The molecule has 0 saturated carbocycles.